The minimum Gasteiger partial charge on any atom is -0.342 e. The van der Waals surface area contributed by atoms with Gasteiger partial charge in [0.2, 0.25) is 5.91 Å². The summed E-state index contributed by atoms with van der Waals surface area (Å²) >= 11 is 1.54. The number of carbonyl (C=O) groups is 3. The number of aromatic nitrogens is 2. The molecule has 0 aliphatic carbocycles. The molecule has 1 atom stereocenters. The molecule has 2 fully saturated rings. The molecule has 2 saturated heterocycles. The average molecular weight is 438 g/mol. The zero-order valence-electron chi connectivity index (χ0n) is 16.9. The Morgan fingerprint density at radius 1 is 1.19 bits per heavy atom. The van der Waals surface area contributed by atoms with Gasteiger partial charge in [0, 0.05) is 37.3 Å². The van der Waals surface area contributed by atoms with Gasteiger partial charge in [0.15, 0.2) is 4.96 Å². The maximum Gasteiger partial charge on any atom is 0.322 e. The van der Waals surface area contributed by atoms with Crippen LogP contribution >= 0.6 is 11.3 Å². The van der Waals surface area contributed by atoms with Crippen LogP contribution in [0.15, 0.2) is 48.1 Å². The van der Waals surface area contributed by atoms with E-state index in [0.717, 1.165) is 16.2 Å². The second-order valence-corrected chi connectivity index (χ2v) is 9.07. The van der Waals surface area contributed by atoms with E-state index in [0.29, 0.717) is 32.4 Å². The highest BCUT2D eigenvalue weighted by Crippen LogP contribution is 2.34. The Bertz CT molecular complexity index is 1100. The molecule has 0 unspecified atom stereocenters. The lowest BCUT2D eigenvalue weighted by atomic mass is 9.74. The molecule has 4 heterocycles. The summed E-state index contributed by atoms with van der Waals surface area (Å²) in [5.74, 6) is -0.272. The number of benzene rings is 1. The van der Waals surface area contributed by atoms with Crippen LogP contribution in [0.3, 0.4) is 0 Å². The molecule has 3 aromatic rings. The van der Waals surface area contributed by atoms with Crippen LogP contribution in [-0.4, -0.2) is 50.8 Å². The monoisotopic (exact) mass is 437 g/mol. The lowest BCUT2D eigenvalue weighted by Crippen LogP contribution is -2.58. The van der Waals surface area contributed by atoms with Gasteiger partial charge >= 0.3 is 6.03 Å². The van der Waals surface area contributed by atoms with E-state index in [1.165, 1.54) is 0 Å². The lowest BCUT2D eigenvalue weighted by Gasteiger charge is -2.40. The maximum absolute atomic E-state index is 12.8. The van der Waals surface area contributed by atoms with Gasteiger partial charge in [0.1, 0.15) is 5.54 Å². The van der Waals surface area contributed by atoms with Crippen molar-refractivity contribution in [2.75, 3.05) is 13.1 Å². The number of hydrogen-bond donors (Lipinski definition) is 2. The molecule has 0 radical (unpaired) electrons. The van der Waals surface area contributed by atoms with Crippen molar-refractivity contribution in [1.29, 1.82) is 0 Å². The minimum atomic E-state index is -0.970. The van der Waals surface area contributed by atoms with Crippen molar-refractivity contribution < 1.29 is 14.4 Å². The molecule has 9 heteroatoms. The number of rotatable bonds is 5. The third-order valence-electron chi connectivity index (χ3n) is 6.31. The molecule has 0 saturated carbocycles. The number of piperidine rings is 1. The highest BCUT2D eigenvalue weighted by molar-refractivity contribution is 7.15. The van der Waals surface area contributed by atoms with Crippen molar-refractivity contribution in [2.24, 2.45) is 5.92 Å². The van der Waals surface area contributed by atoms with Crippen LogP contribution in [0.5, 0.6) is 0 Å². The smallest absolute Gasteiger partial charge is 0.322 e. The number of urea groups is 1. The molecule has 2 N–H and O–H groups in total. The Morgan fingerprint density at radius 3 is 2.65 bits per heavy atom. The minimum absolute atomic E-state index is 0.0406. The predicted molar refractivity (Wildman–Crippen MR) is 116 cm³/mol. The van der Waals surface area contributed by atoms with E-state index in [9.17, 15) is 14.4 Å². The summed E-state index contributed by atoms with van der Waals surface area (Å²) in [4.78, 5) is 44.9. The van der Waals surface area contributed by atoms with E-state index in [2.05, 4.69) is 15.6 Å². The van der Waals surface area contributed by atoms with Gasteiger partial charge < -0.3 is 10.2 Å². The highest BCUT2D eigenvalue weighted by atomic mass is 32.1. The Balaban J connectivity index is 1.27. The number of hydrogen-bond acceptors (Lipinski definition) is 5. The molecule has 1 aromatic carbocycles. The average Bonchev–Trinajstić information content (AvgIpc) is 3.43. The van der Waals surface area contributed by atoms with E-state index in [1.807, 2.05) is 57.4 Å². The van der Waals surface area contributed by atoms with Gasteiger partial charge in [-0.25, -0.2) is 9.78 Å². The van der Waals surface area contributed by atoms with Crippen LogP contribution in [0.2, 0.25) is 0 Å². The van der Waals surface area contributed by atoms with Crippen molar-refractivity contribution in [2.45, 2.75) is 31.2 Å². The third kappa shape index (κ3) is 3.69. The first-order valence-corrected chi connectivity index (χ1v) is 11.3. The van der Waals surface area contributed by atoms with Gasteiger partial charge in [-0.3, -0.25) is 19.3 Å². The summed E-state index contributed by atoms with van der Waals surface area (Å²) in [7, 11) is 0. The Hall–Kier alpha value is -3.20. The number of nitrogens with one attached hydrogen (secondary N) is 2. The number of imidazole rings is 1. The van der Waals surface area contributed by atoms with Crippen molar-refractivity contribution in [3.05, 3.63) is 59.4 Å². The summed E-state index contributed by atoms with van der Waals surface area (Å²) in [6.07, 6.45) is 5.85. The molecular formula is C22H23N5O3S. The van der Waals surface area contributed by atoms with Crippen LogP contribution < -0.4 is 10.6 Å². The predicted octanol–water partition coefficient (Wildman–Crippen LogP) is 2.00. The topological polar surface area (TPSA) is 95.8 Å². The first-order chi connectivity index (χ1) is 15.0. The van der Waals surface area contributed by atoms with E-state index in [4.69, 9.17) is 0 Å². The molecule has 0 bridgehead atoms. The SMILES string of the molecule is O=C1NC(=O)[C@@](Cc2ccccc2)(C2CCN(C(=O)Cc3cn4ccsc4n3)CC2)N1. The molecular weight excluding hydrogens is 414 g/mol. The standard InChI is InChI=1S/C22H23N5O3S/c28-18(12-17-14-27-10-11-31-21(27)23-17)26-8-6-16(7-9-26)22(19(29)24-20(30)25-22)13-15-4-2-1-3-5-15/h1-5,10-11,14,16H,6-9,12-13H2,(H2,24,25,29,30)/t22-/m1/s1. The third-order valence-corrected chi connectivity index (χ3v) is 7.09. The van der Waals surface area contributed by atoms with Crippen LogP contribution in [-0.2, 0) is 22.4 Å². The fourth-order valence-electron chi connectivity index (χ4n) is 4.73. The molecule has 5 rings (SSSR count). The molecule has 8 nitrogen and oxygen atoms in total. The lowest BCUT2D eigenvalue weighted by molar-refractivity contribution is -0.133. The van der Waals surface area contributed by atoms with Gasteiger partial charge in [0.05, 0.1) is 12.1 Å². The highest BCUT2D eigenvalue weighted by Gasteiger charge is 2.52. The normalized spacial score (nSPS) is 22.0. The van der Waals surface area contributed by atoms with E-state index < -0.39 is 11.6 Å². The first-order valence-electron chi connectivity index (χ1n) is 10.4. The number of carbonyl (C=O) groups excluding carboxylic acids is 3. The zero-order chi connectivity index (χ0) is 21.4. The van der Waals surface area contributed by atoms with Crippen molar-refractivity contribution in [1.82, 2.24) is 24.9 Å². The fourth-order valence-corrected chi connectivity index (χ4v) is 5.45. The molecule has 0 spiro atoms. The fraction of sp³-hybridized carbons (Fsp3) is 0.364. The molecule has 31 heavy (non-hydrogen) atoms. The maximum atomic E-state index is 12.8. The Morgan fingerprint density at radius 2 is 1.97 bits per heavy atom. The van der Waals surface area contributed by atoms with Crippen molar-refractivity contribution in [3.63, 3.8) is 0 Å². The summed E-state index contributed by atoms with van der Waals surface area (Å²) in [5.41, 5.74) is 0.794. The van der Waals surface area contributed by atoms with Crippen LogP contribution in [0.1, 0.15) is 24.1 Å². The molecule has 4 amide bonds. The summed E-state index contributed by atoms with van der Waals surface area (Å²) in [5, 5.41) is 7.30. The summed E-state index contributed by atoms with van der Waals surface area (Å²) in [6.45, 7) is 1.12. The number of thiazole rings is 1. The summed E-state index contributed by atoms with van der Waals surface area (Å²) < 4.78 is 1.92. The van der Waals surface area contributed by atoms with E-state index in [-0.39, 0.29) is 24.2 Å². The van der Waals surface area contributed by atoms with Gasteiger partial charge in [-0.15, -0.1) is 11.3 Å². The van der Waals surface area contributed by atoms with Crippen molar-refractivity contribution in [3.8, 4) is 0 Å². The van der Waals surface area contributed by atoms with Gasteiger partial charge in [-0.05, 0) is 24.3 Å². The molecule has 2 aromatic heterocycles. The largest absolute Gasteiger partial charge is 0.342 e. The summed E-state index contributed by atoms with van der Waals surface area (Å²) in [6, 6.07) is 9.27. The molecule has 2 aliphatic rings. The Kier molecular flexibility index (Phi) is 4.97. The zero-order valence-corrected chi connectivity index (χ0v) is 17.7. The quantitative estimate of drug-likeness (QED) is 0.597. The van der Waals surface area contributed by atoms with Gasteiger partial charge in [0.25, 0.3) is 5.91 Å². The number of imide groups is 1. The van der Waals surface area contributed by atoms with Crippen LogP contribution in [0, 0.1) is 5.92 Å². The first kappa shape index (κ1) is 19.7. The number of amides is 4. The van der Waals surface area contributed by atoms with Gasteiger partial charge in [-0.2, -0.15) is 0 Å². The van der Waals surface area contributed by atoms with Crippen LogP contribution in [0.25, 0.3) is 4.96 Å². The van der Waals surface area contributed by atoms with E-state index in [1.54, 1.807) is 11.3 Å². The number of likely N-dealkylation sites (tertiary alicyclic amines) is 1. The molecule has 160 valence electrons. The number of nitrogens with zero attached hydrogens (tertiary/aromatic N) is 3. The molecule has 2 aliphatic heterocycles. The number of fused-ring (bicyclic) bond motifs is 1. The van der Waals surface area contributed by atoms with E-state index >= 15 is 0 Å². The second kappa shape index (κ2) is 7.81. The second-order valence-electron chi connectivity index (χ2n) is 8.20. The Labute approximate surface area is 183 Å². The van der Waals surface area contributed by atoms with Crippen molar-refractivity contribution >= 4 is 34.1 Å². The van der Waals surface area contributed by atoms with Crippen LogP contribution in [0.4, 0.5) is 4.79 Å². The van der Waals surface area contributed by atoms with Gasteiger partial charge in [-0.1, -0.05) is 30.3 Å².